The summed E-state index contributed by atoms with van der Waals surface area (Å²) in [5.74, 6) is -1.26. The summed E-state index contributed by atoms with van der Waals surface area (Å²) in [5, 5.41) is 13.2. The lowest BCUT2D eigenvalue weighted by atomic mass is 9.76. The van der Waals surface area contributed by atoms with Gasteiger partial charge in [0.25, 0.3) is 0 Å². The van der Waals surface area contributed by atoms with E-state index in [0.29, 0.717) is 19.4 Å². The predicted octanol–water partition coefficient (Wildman–Crippen LogP) is 1.60. The number of imide groups is 1. The molecule has 3 rings (SSSR count). The summed E-state index contributed by atoms with van der Waals surface area (Å²) < 4.78 is 11.9. The summed E-state index contributed by atoms with van der Waals surface area (Å²) in [6.45, 7) is 0.538. The van der Waals surface area contributed by atoms with E-state index in [1.165, 1.54) is 0 Å². The molecule has 6 atom stereocenters. The quantitative estimate of drug-likeness (QED) is 0.451. The van der Waals surface area contributed by atoms with E-state index in [1.54, 1.807) is 0 Å². The van der Waals surface area contributed by atoms with E-state index < -0.39 is 18.2 Å². The van der Waals surface area contributed by atoms with Gasteiger partial charge in [0.15, 0.2) is 0 Å². The van der Waals surface area contributed by atoms with E-state index in [2.05, 4.69) is 10.6 Å². The number of aliphatic carboxylic acids is 1. The van der Waals surface area contributed by atoms with Gasteiger partial charge in [-0.15, -0.1) is 11.6 Å². The SMILES string of the molecule is O=C(O)CCCCCOC1CCC2CC3C(=O)NC(=O)NC3OC2C1Cl. The number of amides is 3. The Labute approximate surface area is 156 Å². The molecule has 1 aliphatic carbocycles. The van der Waals surface area contributed by atoms with E-state index in [9.17, 15) is 14.4 Å². The standard InChI is InChI=1S/C17H25ClN2O6/c18-13-11(25-7-3-1-2-4-12(21)22)6-5-9-8-10-15(23)19-17(24)20-16(10)26-14(9)13/h9-11,13-14,16H,1-8H2,(H,21,22)(H2,19,20,23,24). The number of carbonyl (C=O) groups is 3. The third-order valence-electron chi connectivity index (χ3n) is 5.40. The molecule has 0 aromatic heterocycles. The van der Waals surface area contributed by atoms with Crippen molar-refractivity contribution in [2.24, 2.45) is 11.8 Å². The maximum absolute atomic E-state index is 12.0. The number of carboxylic acid groups (broad SMARTS) is 1. The molecule has 6 unspecified atom stereocenters. The molecule has 0 aromatic rings. The molecule has 0 radical (unpaired) electrons. The minimum Gasteiger partial charge on any atom is -0.481 e. The van der Waals surface area contributed by atoms with Crippen LogP contribution >= 0.6 is 11.6 Å². The minimum absolute atomic E-state index is 0.137. The first-order chi connectivity index (χ1) is 12.5. The lowest BCUT2D eigenvalue weighted by molar-refractivity contribution is -0.170. The lowest BCUT2D eigenvalue weighted by Crippen LogP contribution is -2.65. The Morgan fingerprint density at radius 3 is 2.85 bits per heavy atom. The number of halogens is 1. The highest BCUT2D eigenvalue weighted by Gasteiger charge is 2.50. The van der Waals surface area contributed by atoms with Crippen LogP contribution in [0.25, 0.3) is 0 Å². The number of carbonyl (C=O) groups excluding carboxylic acids is 2. The van der Waals surface area contributed by atoms with Gasteiger partial charge in [-0.25, -0.2) is 4.79 Å². The number of fused-ring (bicyclic) bond motifs is 2. The summed E-state index contributed by atoms with van der Waals surface area (Å²) in [4.78, 5) is 34.0. The van der Waals surface area contributed by atoms with Crippen LogP contribution in [0.3, 0.4) is 0 Å². The Hall–Kier alpha value is -1.38. The van der Waals surface area contributed by atoms with Crippen LogP contribution in [0, 0.1) is 11.8 Å². The number of urea groups is 1. The Morgan fingerprint density at radius 2 is 2.08 bits per heavy atom. The van der Waals surface area contributed by atoms with Crippen molar-refractivity contribution in [1.82, 2.24) is 10.6 Å². The number of carboxylic acids is 1. The second-order valence-corrected chi connectivity index (χ2v) is 7.73. The van der Waals surface area contributed by atoms with Crippen LogP contribution in [-0.2, 0) is 19.1 Å². The Bertz CT molecular complexity index is 559. The molecule has 2 heterocycles. The van der Waals surface area contributed by atoms with Crippen LogP contribution in [0.1, 0.15) is 44.9 Å². The fourth-order valence-corrected chi connectivity index (χ4v) is 4.50. The molecular weight excluding hydrogens is 364 g/mol. The van der Waals surface area contributed by atoms with Gasteiger partial charge >= 0.3 is 12.0 Å². The predicted molar refractivity (Wildman–Crippen MR) is 91.7 cm³/mol. The van der Waals surface area contributed by atoms with Crippen LogP contribution in [0.5, 0.6) is 0 Å². The van der Waals surface area contributed by atoms with E-state index in [-0.39, 0.29) is 41.7 Å². The molecular formula is C17H25ClN2O6. The molecule has 3 fully saturated rings. The Balaban J connectivity index is 1.47. The maximum atomic E-state index is 12.0. The first-order valence-electron chi connectivity index (χ1n) is 9.20. The summed E-state index contributed by atoms with van der Waals surface area (Å²) in [7, 11) is 0. The molecule has 0 bridgehead atoms. The average molecular weight is 389 g/mol. The Kier molecular flexibility index (Phi) is 6.37. The van der Waals surface area contributed by atoms with Crippen LogP contribution in [-0.4, -0.2) is 53.4 Å². The average Bonchev–Trinajstić information content (AvgIpc) is 2.58. The van der Waals surface area contributed by atoms with Crippen LogP contribution in [0.4, 0.5) is 4.79 Å². The summed E-state index contributed by atoms with van der Waals surface area (Å²) in [6, 6.07) is -0.536. The molecule has 1 saturated carbocycles. The number of nitrogens with one attached hydrogen (secondary N) is 2. The lowest BCUT2D eigenvalue weighted by Gasteiger charge is -2.48. The van der Waals surface area contributed by atoms with Crippen LogP contribution in [0.2, 0.25) is 0 Å². The largest absolute Gasteiger partial charge is 0.481 e. The summed E-state index contributed by atoms with van der Waals surface area (Å²) in [5.41, 5.74) is 0. The number of hydrogen-bond donors (Lipinski definition) is 3. The fraction of sp³-hybridized carbons (Fsp3) is 0.824. The minimum atomic E-state index is -0.777. The van der Waals surface area contributed by atoms with E-state index in [0.717, 1.165) is 25.7 Å². The van der Waals surface area contributed by atoms with Crippen molar-refractivity contribution in [2.75, 3.05) is 6.61 Å². The number of alkyl halides is 1. The molecule has 2 saturated heterocycles. The van der Waals surface area contributed by atoms with Crippen LogP contribution < -0.4 is 10.6 Å². The topological polar surface area (TPSA) is 114 Å². The van der Waals surface area contributed by atoms with Gasteiger partial charge in [0, 0.05) is 13.0 Å². The third-order valence-corrected chi connectivity index (χ3v) is 5.92. The van der Waals surface area contributed by atoms with E-state index >= 15 is 0 Å². The fourth-order valence-electron chi connectivity index (χ4n) is 4.04. The van der Waals surface area contributed by atoms with Crippen molar-refractivity contribution in [3.05, 3.63) is 0 Å². The van der Waals surface area contributed by atoms with Gasteiger partial charge in [-0.1, -0.05) is 6.42 Å². The number of rotatable bonds is 7. The molecule has 0 aromatic carbocycles. The number of unbranched alkanes of at least 4 members (excludes halogenated alkanes) is 2. The monoisotopic (exact) mass is 388 g/mol. The van der Waals surface area contributed by atoms with Crippen molar-refractivity contribution >= 4 is 29.5 Å². The van der Waals surface area contributed by atoms with Crippen molar-refractivity contribution in [1.29, 1.82) is 0 Å². The first kappa shape index (κ1) is 19.4. The molecule has 8 nitrogen and oxygen atoms in total. The molecule has 2 aliphatic heterocycles. The zero-order valence-corrected chi connectivity index (χ0v) is 15.2. The second kappa shape index (κ2) is 8.54. The van der Waals surface area contributed by atoms with Gasteiger partial charge < -0.3 is 19.9 Å². The number of hydrogen-bond acceptors (Lipinski definition) is 5. The zero-order valence-electron chi connectivity index (χ0n) is 14.5. The van der Waals surface area contributed by atoms with Gasteiger partial charge in [0.1, 0.15) is 6.23 Å². The maximum Gasteiger partial charge on any atom is 0.323 e. The second-order valence-electron chi connectivity index (χ2n) is 7.22. The highest BCUT2D eigenvalue weighted by atomic mass is 35.5. The normalized spacial score (nSPS) is 36.5. The molecule has 146 valence electrons. The van der Waals surface area contributed by atoms with Crippen molar-refractivity contribution < 1.29 is 29.0 Å². The van der Waals surface area contributed by atoms with E-state index in [1.807, 2.05) is 0 Å². The molecule has 3 amide bonds. The molecule has 0 spiro atoms. The smallest absolute Gasteiger partial charge is 0.323 e. The van der Waals surface area contributed by atoms with Crippen molar-refractivity contribution in [3.63, 3.8) is 0 Å². The molecule has 3 N–H and O–H groups in total. The highest BCUT2D eigenvalue weighted by molar-refractivity contribution is 6.21. The van der Waals surface area contributed by atoms with Crippen LogP contribution in [0.15, 0.2) is 0 Å². The van der Waals surface area contributed by atoms with Gasteiger partial charge in [0.2, 0.25) is 5.91 Å². The third kappa shape index (κ3) is 4.47. The zero-order chi connectivity index (χ0) is 18.7. The molecule has 26 heavy (non-hydrogen) atoms. The number of ether oxygens (including phenoxy) is 2. The van der Waals surface area contributed by atoms with Crippen molar-refractivity contribution in [2.45, 2.75) is 68.8 Å². The molecule has 3 aliphatic rings. The van der Waals surface area contributed by atoms with Gasteiger partial charge in [-0.3, -0.25) is 14.9 Å². The highest BCUT2D eigenvalue weighted by Crippen LogP contribution is 2.41. The van der Waals surface area contributed by atoms with E-state index in [4.69, 9.17) is 26.2 Å². The van der Waals surface area contributed by atoms with Crippen molar-refractivity contribution in [3.8, 4) is 0 Å². The Morgan fingerprint density at radius 1 is 1.27 bits per heavy atom. The van der Waals surface area contributed by atoms with Gasteiger partial charge in [-0.2, -0.15) is 0 Å². The van der Waals surface area contributed by atoms with Gasteiger partial charge in [0.05, 0.1) is 23.5 Å². The summed E-state index contributed by atoms with van der Waals surface area (Å²) in [6.07, 6.45) is 3.72. The first-order valence-corrected chi connectivity index (χ1v) is 9.63. The molecule has 9 heteroatoms. The summed E-state index contributed by atoms with van der Waals surface area (Å²) >= 11 is 6.60. The van der Waals surface area contributed by atoms with Gasteiger partial charge in [-0.05, 0) is 38.0 Å².